The van der Waals surface area contributed by atoms with Crippen molar-refractivity contribution in [2.75, 3.05) is 0 Å². The molecule has 10 rings (SSSR count). The average molecular weight is 628 g/mol. The van der Waals surface area contributed by atoms with Gasteiger partial charge in [-0.25, -0.2) is 9.98 Å². The quantitative estimate of drug-likeness (QED) is 0.197. The third-order valence-corrected chi connectivity index (χ3v) is 9.70. The van der Waals surface area contributed by atoms with Crippen LogP contribution in [0.15, 0.2) is 178 Å². The number of fused-ring (bicyclic) bond motifs is 7. The highest BCUT2D eigenvalue weighted by Crippen LogP contribution is 2.41. The van der Waals surface area contributed by atoms with Crippen LogP contribution < -0.4 is 5.32 Å². The van der Waals surface area contributed by atoms with E-state index < -0.39 is 6.17 Å². The van der Waals surface area contributed by atoms with Crippen LogP contribution in [0.1, 0.15) is 22.9 Å². The van der Waals surface area contributed by atoms with Crippen LogP contribution in [0, 0.1) is 0 Å². The molecule has 0 saturated carbocycles. The van der Waals surface area contributed by atoms with Gasteiger partial charge in [0.05, 0.1) is 0 Å². The van der Waals surface area contributed by atoms with E-state index in [-0.39, 0.29) is 0 Å². The van der Waals surface area contributed by atoms with Gasteiger partial charge in [0, 0.05) is 27.5 Å². The molecular formula is C45H29N3O. The molecule has 1 N–H and O–H groups in total. The van der Waals surface area contributed by atoms with E-state index >= 15 is 0 Å². The third-order valence-electron chi connectivity index (χ3n) is 9.70. The highest BCUT2D eigenvalue weighted by atomic mass is 16.3. The number of aliphatic imine (C=N–C) groups is 2. The van der Waals surface area contributed by atoms with E-state index in [1.807, 2.05) is 12.1 Å². The molecule has 0 saturated heterocycles. The molecule has 1 aliphatic rings. The number of amidine groups is 2. The van der Waals surface area contributed by atoms with Crippen LogP contribution in [0.3, 0.4) is 0 Å². The highest BCUT2D eigenvalue weighted by molar-refractivity contribution is 6.18. The maximum atomic E-state index is 6.50. The van der Waals surface area contributed by atoms with E-state index in [4.69, 9.17) is 14.4 Å². The Bertz CT molecular complexity index is 2810. The summed E-state index contributed by atoms with van der Waals surface area (Å²) in [5, 5.41) is 13.1. The van der Waals surface area contributed by atoms with Crippen molar-refractivity contribution < 1.29 is 4.42 Å². The fourth-order valence-corrected chi connectivity index (χ4v) is 7.34. The molecule has 1 atom stereocenters. The van der Waals surface area contributed by atoms with E-state index in [2.05, 4.69) is 157 Å². The topological polar surface area (TPSA) is 49.9 Å². The summed E-state index contributed by atoms with van der Waals surface area (Å²) in [5.41, 5.74) is 6.99. The first kappa shape index (κ1) is 27.6. The normalized spacial score (nSPS) is 14.7. The van der Waals surface area contributed by atoms with Crippen LogP contribution in [0.4, 0.5) is 0 Å². The second-order valence-corrected chi connectivity index (χ2v) is 12.6. The first-order valence-corrected chi connectivity index (χ1v) is 16.6. The Morgan fingerprint density at radius 3 is 2.02 bits per heavy atom. The number of nitrogens with one attached hydrogen (secondary N) is 1. The van der Waals surface area contributed by atoms with Gasteiger partial charge in [0.25, 0.3) is 0 Å². The molecule has 0 fully saturated rings. The Labute approximate surface area is 282 Å². The standard InChI is InChI=1S/C45H29N3O/c1-2-11-29(12-3-1)36-16-8-18-39-41(36)42-37(17-9-19-40(42)49-39)45-47-43(33-24-20-28-10-4-5-14-32(28)26-33)46-44(48-45)34-25-23-31-22-21-30-13-6-7-15-35(30)38(31)27-34/h1-27,45H,(H,46,47,48). The van der Waals surface area contributed by atoms with Crippen molar-refractivity contribution in [2.24, 2.45) is 9.98 Å². The zero-order chi connectivity index (χ0) is 32.3. The molecule has 1 unspecified atom stereocenters. The van der Waals surface area contributed by atoms with Crippen molar-refractivity contribution >= 4 is 65.9 Å². The zero-order valence-corrected chi connectivity index (χ0v) is 26.5. The van der Waals surface area contributed by atoms with Gasteiger partial charge in [0.2, 0.25) is 0 Å². The summed E-state index contributed by atoms with van der Waals surface area (Å²) in [6.45, 7) is 0. The van der Waals surface area contributed by atoms with Crippen LogP contribution >= 0.6 is 0 Å². The first-order valence-electron chi connectivity index (χ1n) is 16.6. The molecule has 4 nitrogen and oxygen atoms in total. The van der Waals surface area contributed by atoms with Gasteiger partial charge < -0.3 is 9.73 Å². The average Bonchev–Trinajstić information content (AvgIpc) is 3.57. The summed E-state index contributed by atoms with van der Waals surface area (Å²) in [4.78, 5) is 10.6. The fraction of sp³-hybridized carbons (Fsp3) is 0.0222. The SMILES string of the molecule is c1ccc(-c2cccc3oc4cccc(C5N=C(c6ccc7ccc8ccccc8c7c6)N=C(c6ccc7ccccc7c6)N5)c4c23)cc1. The number of hydrogen-bond donors (Lipinski definition) is 1. The summed E-state index contributed by atoms with van der Waals surface area (Å²) >= 11 is 0. The minimum absolute atomic E-state index is 0.412. The van der Waals surface area contributed by atoms with Crippen molar-refractivity contribution in [3.63, 3.8) is 0 Å². The van der Waals surface area contributed by atoms with Crippen molar-refractivity contribution in [2.45, 2.75) is 6.17 Å². The van der Waals surface area contributed by atoms with E-state index in [1.54, 1.807) is 0 Å². The minimum atomic E-state index is -0.412. The Morgan fingerprint density at radius 2 is 1.14 bits per heavy atom. The van der Waals surface area contributed by atoms with Gasteiger partial charge in [0.15, 0.2) is 5.84 Å². The summed E-state index contributed by atoms with van der Waals surface area (Å²) < 4.78 is 6.50. The monoisotopic (exact) mass is 627 g/mol. The van der Waals surface area contributed by atoms with Crippen molar-refractivity contribution in [1.29, 1.82) is 0 Å². The van der Waals surface area contributed by atoms with Crippen LogP contribution in [0.2, 0.25) is 0 Å². The van der Waals surface area contributed by atoms with Gasteiger partial charge >= 0.3 is 0 Å². The molecule has 49 heavy (non-hydrogen) atoms. The predicted molar refractivity (Wildman–Crippen MR) is 204 cm³/mol. The van der Waals surface area contributed by atoms with Crippen molar-refractivity contribution in [3.05, 3.63) is 180 Å². The molecule has 2 heterocycles. The summed E-state index contributed by atoms with van der Waals surface area (Å²) in [6.07, 6.45) is -0.412. The van der Waals surface area contributed by atoms with Crippen molar-refractivity contribution in [3.8, 4) is 11.1 Å². The summed E-state index contributed by atoms with van der Waals surface area (Å²) in [6, 6.07) is 57.5. The van der Waals surface area contributed by atoms with Gasteiger partial charge in [-0.3, -0.25) is 0 Å². The molecule has 0 aliphatic carbocycles. The lowest BCUT2D eigenvalue weighted by molar-refractivity contribution is 0.662. The molecule has 0 spiro atoms. The van der Waals surface area contributed by atoms with Crippen molar-refractivity contribution in [1.82, 2.24) is 5.32 Å². The zero-order valence-electron chi connectivity index (χ0n) is 26.5. The Balaban J connectivity index is 1.20. The first-order chi connectivity index (χ1) is 24.3. The van der Waals surface area contributed by atoms with Crippen LogP contribution in [0.5, 0.6) is 0 Å². The van der Waals surface area contributed by atoms with Gasteiger partial charge in [-0.2, -0.15) is 0 Å². The second kappa shape index (κ2) is 11.0. The number of hydrogen-bond acceptors (Lipinski definition) is 4. The van der Waals surface area contributed by atoms with Gasteiger partial charge in [-0.1, -0.05) is 140 Å². The van der Waals surface area contributed by atoms with E-state index in [0.29, 0.717) is 5.84 Å². The lowest BCUT2D eigenvalue weighted by Gasteiger charge is -2.24. The second-order valence-electron chi connectivity index (χ2n) is 12.6. The molecule has 8 aromatic carbocycles. The molecule has 1 aromatic heterocycles. The van der Waals surface area contributed by atoms with Gasteiger partial charge in [0.1, 0.15) is 23.2 Å². The lowest BCUT2D eigenvalue weighted by Crippen LogP contribution is -2.33. The number of benzene rings is 8. The Kier molecular flexibility index (Phi) is 6.21. The Morgan fingerprint density at radius 1 is 0.469 bits per heavy atom. The highest BCUT2D eigenvalue weighted by Gasteiger charge is 2.26. The van der Waals surface area contributed by atoms with Crippen LogP contribution in [-0.2, 0) is 0 Å². The van der Waals surface area contributed by atoms with Gasteiger partial charge in [-0.05, 0) is 67.7 Å². The Hall–Kier alpha value is -6.52. The lowest BCUT2D eigenvalue weighted by atomic mass is 9.96. The number of furan rings is 1. The maximum absolute atomic E-state index is 6.50. The molecule has 0 amide bonds. The molecule has 0 bridgehead atoms. The number of nitrogens with zero attached hydrogens (tertiary/aromatic N) is 2. The van der Waals surface area contributed by atoms with E-state index in [9.17, 15) is 0 Å². The van der Waals surface area contributed by atoms with Gasteiger partial charge in [-0.15, -0.1) is 0 Å². The fourth-order valence-electron chi connectivity index (χ4n) is 7.34. The van der Waals surface area contributed by atoms with E-state index in [0.717, 1.165) is 61.0 Å². The van der Waals surface area contributed by atoms with Crippen LogP contribution in [0.25, 0.3) is 65.4 Å². The maximum Gasteiger partial charge on any atom is 0.159 e. The molecule has 0 radical (unpaired) electrons. The molecule has 9 aromatic rings. The molecule has 4 heteroatoms. The third kappa shape index (κ3) is 4.61. The largest absolute Gasteiger partial charge is 0.456 e. The van der Waals surface area contributed by atoms with Crippen LogP contribution in [-0.4, -0.2) is 11.7 Å². The molecule has 1 aliphatic heterocycles. The predicted octanol–water partition coefficient (Wildman–Crippen LogP) is 11.2. The molecular weight excluding hydrogens is 599 g/mol. The number of rotatable bonds is 4. The van der Waals surface area contributed by atoms with E-state index in [1.165, 1.54) is 26.9 Å². The summed E-state index contributed by atoms with van der Waals surface area (Å²) in [5.74, 6) is 1.47. The smallest absolute Gasteiger partial charge is 0.159 e. The summed E-state index contributed by atoms with van der Waals surface area (Å²) in [7, 11) is 0. The minimum Gasteiger partial charge on any atom is -0.456 e. The molecule has 230 valence electrons.